The first-order chi connectivity index (χ1) is 11.5. The summed E-state index contributed by atoms with van der Waals surface area (Å²) in [6, 6.07) is 12.1. The standard InChI is InChI=1S/C17H16N2O4S/c1-22-14-9-7-12(11-15(14)23-2)8-10-17-18-13-5-3-4-6-16(13)24(20,21)19-17/h3-11H,1-2H3,(H,18,19). The van der Waals surface area contributed by atoms with Crippen molar-refractivity contribution in [2.45, 2.75) is 4.90 Å². The van der Waals surface area contributed by atoms with Gasteiger partial charge < -0.3 is 14.8 Å². The van der Waals surface area contributed by atoms with E-state index in [0.717, 1.165) is 5.56 Å². The maximum atomic E-state index is 12.2. The van der Waals surface area contributed by atoms with Gasteiger partial charge in [0.25, 0.3) is 10.0 Å². The van der Waals surface area contributed by atoms with Crippen molar-refractivity contribution in [1.82, 2.24) is 0 Å². The predicted octanol–water partition coefficient (Wildman–Crippen LogP) is 2.93. The molecule has 6 nitrogen and oxygen atoms in total. The quantitative estimate of drug-likeness (QED) is 0.923. The molecule has 0 radical (unpaired) electrons. The molecule has 0 atom stereocenters. The van der Waals surface area contributed by atoms with Crippen molar-refractivity contribution in [3.8, 4) is 11.5 Å². The highest BCUT2D eigenvalue weighted by molar-refractivity contribution is 7.90. The molecule has 124 valence electrons. The second-order valence-electron chi connectivity index (χ2n) is 5.02. The van der Waals surface area contributed by atoms with Crippen LogP contribution in [-0.4, -0.2) is 28.5 Å². The molecule has 0 aliphatic carbocycles. The van der Waals surface area contributed by atoms with Crippen LogP contribution in [0.15, 0.2) is 57.8 Å². The molecule has 2 aromatic rings. The minimum absolute atomic E-state index is 0.174. The Morgan fingerprint density at radius 1 is 1.00 bits per heavy atom. The van der Waals surface area contributed by atoms with E-state index in [0.29, 0.717) is 17.2 Å². The van der Waals surface area contributed by atoms with Crippen molar-refractivity contribution in [3.63, 3.8) is 0 Å². The Balaban J connectivity index is 1.90. The van der Waals surface area contributed by atoms with Gasteiger partial charge in [-0.15, -0.1) is 4.40 Å². The van der Waals surface area contributed by atoms with Crippen molar-refractivity contribution >= 4 is 27.6 Å². The van der Waals surface area contributed by atoms with Crippen LogP contribution < -0.4 is 14.8 Å². The molecule has 1 heterocycles. The summed E-state index contributed by atoms with van der Waals surface area (Å²) < 4.78 is 38.6. The molecule has 0 bridgehead atoms. The van der Waals surface area contributed by atoms with Gasteiger partial charge in [-0.3, -0.25) is 0 Å². The summed E-state index contributed by atoms with van der Waals surface area (Å²) in [5.41, 5.74) is 1.34. The van der Waals surface area contributed by atoms with E-state index in [4.69, 9.17) is 9.47 Å². The predicted molar refractivity (Wildman–Crippen MR) is 93.3 cm³/mol. The fourth-order valence-electron chi connectivity index (χ4n) is 2.34. The molecule has 7 heteroatoms. The molecule has 3 rings (SSSR count). The molecular formula is C17H16N2O4S. The number of hydrogen-bond acceptors (Lipinski definition) is 5. The van der Waals surface area contributed by atoms with Crippen LogP contribution in [0.1, 0.15) is 5.56 Å². The van der Waals surface area contributed by atoms with Gasteiger partial charge in [0.1, 0.15) is 10.7 Å². The maximum absolute atomic E-state index is 12.2. The topological polar surface area (TPSA) is 77.0 Å². The molecule has 0 fully saturated rings. The van der Waals surface area contributed by atoms with Gasteiger partial charge in [0, 0.05) is 0 Å². The van der Waals surface area contributed by atoms with Crippen LogP contribution in [-0.2, 0) is 10.0 Å². The molecule has 1 N–H and O–H groups in total. The molecule has 24 heavy (non-hydrogen) atoms. The Kier molecular flexibility index (Phi) is 4.26. The van der Waals surface area contributed by atoms with Crippen LogP contribution in [0.3, 0.4) is 0 Å². The summed E-state index contributed by atoms with van der Waals surface area (Å²) in [5, 5.41) is 3.00. The molecule has 0 saturated heterocycles. The highest BCUT2D eigenvalue weighted by Gasteiger charge is 2.22. The monoisotopic (exact) mass is 344 g/mol. The van der Waals surface area contributed by atoms with Gasteiger partial charge in [-0.1, -0.05) is 24.3 Å². The first-order valence-electron chi connectivity index (χ1n) is 7.14. The van der Waals surface area contributed by atoms with Crippen molar-refractivity contribution in [3.05, 3.63) is 54.1 Å². The van der Waals surface area contributed by atoms with Gasteiger partial charge in [0.2, 0.25) is 0 Å². The van der Waals surface area contributed by atoms with Crippen molar-refractivity contribution in [1.29, 1.82) is 0 Å². The Hall–Kier alpha value is -2.80. The van der Waals surface area contributed by atoms with E-state index < -0.39 is 10.0 Å². The second kappa shape index (κ2) is 6.37. The third-order valence-electron chi connectivity index (χ3n) is 3.49. The van der Waals surface area contributed by atoms with E-state index in [1.54, 1.807) is 56.7 Å². The molecular weight excluding hydrogens is 328 g/mol. The smallest absolute Gasteiger partial charge is 0.286 e. The third kappa shape index (κ3) is 3.11. The average molecular weight is 344 g/mol. The van der Waals surface area contributed by atoms with Crippen LogP contribution in [0.25, 0.3) is 6.08 Å². The average Bonchev–Trinajstić information content (AvgIpc) is 2.59. The second-order valence-corrected chi connectivity index (χ2v) is 6.59. The number of nitrogens with one attached hydrogen (secondary N) is 1. The highest BCUT2D eigenvalue weighted by atomic mass is 32.2. The van der Waals surface area contributed by atoms with E-state index in [9.17, 15) is 8.42 Å². The zero-order valence-corrected chi connectivity index (χ0v) is 14.0. The lowest BCUT2D eigenvalue weighted by molar-refractivity contribution is 0.355. The van der Waals surface area contributed by atoms with E-state index in [1.165, 1.54) is 6.07 Å². The number of benzene rings is 2. The van der Waals surface area contributed by atoms with Crippen molar-refractivity contribution < 1.29 is 17.9 Å². The summed E-state index contributed by atoms with van der Waals surface area (Å²) >= 11 is 0. The minimum atomic E-state index is -3.69. The summed E-state index contributed by atoms with van der Waals surface area (Å²) in [6.07, 6.45) is 3.35. The van der Waals surface area contributed by atoms with Gasteiger partial charge in [0.15, 0.2) is 11.5 Å². The van der Waals surface area contributed by atoms with Crippen LogP contribution in [0, 0.1) is 0 Å². The van der Waals surface area contributed by atoms with Crippen LogP contribution >= 0.6 is 0 Å². The number of rotatable bonds is 4. The fourth-order valence-corrected chi connectivity index (χ4v) is 3.45. The number of nitrogens with zero attached hydrogens (tertiary/aromatic N) is 1. The number of ether oxygens (including phenoxy) is 2. The Bertz CT molecular complexity index is 933. The molecule has 0 unspecified atom stereocenters. The number of anilines is 1. The number of para-hydroxylation sites is 1. The SMILES string of the molecule is COc1ccc(C=CC2=NS(=O)(=O)c3ccccc3N2)cc1OC. The van der Waals surface area contributed by atoms with Crippen LogP contribution in [0.2, 0.25) is 0 Å². The Morgan fingerprint density at radius 2 is 1.75 bits per heavy atom. The summed E-state index contributed by atoms with van der Waals surface area (Å²) in [7, 11) is -0.567. The lowest BCUT2D eigenvalue weighted by Crippen LogP contribution is -2.19. The zero-order chi connectivity index (χ0) is 17.2. The van der Waals surface area contributed by atoms with Crippen molar-refractivity contribution in [2.75, 3.05) is 19.5 Å². The number of amidine groups is 1. The summed E-state index contributed by atoms with van der Waals surface area (Å²) in [4.78, 5) is 0.174. The molecule has 0 aromatic heterocycles. The Labute approximate surface area is 140 Å². The molecule has 1 aliphatic rings. The number of hydrogen-bond donors (Lipinski definition) is 1. The zero-order valence-electron chi connectivity index (χ0n) is 13.2. The van der Waals surface area contributed by atoms with Gasteiger partial charge in [-0.05, 0) is 35.9 Å². The van der Waals surface area contributed by atoms with Crippen LogP contribution in [0.5, 0.6) is 11.5 Å². The van der Waals surface area contributed by atoms with Gasteiger partial charge >= 0.3 is 0 Å². The normalized spacial score (nSPS) is 15.3. The van der Waals surface area contributed by atoms with Crippen molar-refractivity contribution in [2.24, 2.45) is 4.40 Å². The molecule has 0 spiro atoms. The van der Waals surface area contributed by atoms with E-state index >= 15 is 0 Å². The molecule has 2 aromatic carbocycles. The largest absolute Gasteiger partial charge is 0.493 e. The molecule has 0 saturated carbocycles. The summed E-state index contributed by atoms with van der Waals surface area (Å²) in [6.45, 7) is 0. The maximum Gasteiger partial charge on any atom is 0.286 e. The van der Waals surface area contributed by atoms with E-state index in [-0.39, 0.29) is 10.7 Å². The van der Waals surface area contributed by atoms with Crippen LogP contribution in [0.4, 0.5) is 5.69 Å². The van der Waals surface area contributed by atoms with E-state index in [1.807, 2.05) is 6.07 Å². The fraction of sp³-hybridized carbons (Fsp3) is 0.118. The number of sulfonamides is 1. The lowest BCUT2D eigenvalue weighted by Gasteiger charge is -2.15. The third-order valence-corrected chi connectivity index (χ3v) is 4.84. The highest BCUT2D eigenvalue weighted by Crippen LogP contribution is 2.29. The van der Waals surface area contributed by atoms with Gasteiger partial charge in [-0.2, -0.15) is 8.42 Å². The van der Waals surface area contributed by atoms with Gasteiger partial charge in [0.05, 0.1) is 19.9 Å². The number of fused-ring (bicyclic) bond motifs is 1. The summed E-state index contributed by atoms with van der Waals surface area (Å²) in [5.74, 6) is 1.47. The lowest BCUT2D eigenvalue weighted by atomic mass is 10.2. The Morgan fingerprint density at radius 3 is 2.50 bits per heavy atom. The first-order valence-corrected chi connectivity index (χ1v) is 8.58. The van der Waals surface area contributed by atoms with E-state index in [2.05, 4.69) is 9.71 Å². The molecule has 0 amide bonds. The first kappa shape index (κ1) is 16.1. The minimum Gasteiger partial charge on any atom is -0.493 e. The molecule has 1 aliphatic heterocycles. The van der Waals surface area contributed by atoms with Gasteiger partial charge in [-0.25, -0.2) is 0 Å². The number of methoxy groups -OCH3 is 2.